The van der Waals surface area contributed by atoms with E-state index in [1.165, 1.54) is 5.56 Å². The smallest absolute Gasteiger partial charge is 0.223 e. The van der Waals surface area contributed by atoms with Crippen LogP contribution >= 0.6 is 0 Å². The van der Waals surface area contributed by atoms with Gasteiger partial charge in [0.2, 0.25) is 11.8 Å². The van der Waals surface area contributed by atoms with Gasteiger partial charge in [-0.15, -0.1) is 0 Å². The number of unbranched alkanes of at least 4 members (excludes halogenated alkanes) is 1. The zero-order valence-corrected chi connectivity index (χ0v) is 15.7. The van der Waals surface area contributed by atoms with Crippen molar-refractivity contribution in [3.63, 3.8) is 0 Å². The molecule has 1 aromatic rings. The van der Waals surface area contributed by atoms with Crippen LogP contribution in [-0.4, -0.2) is 43.0 Å². The molecule has 142 valence electrons. The normalized spacial score (nSPS) is 17.8. The van der Waals surface area contributed by atoms with Crippen molar-refractivity contribution in [3.05, 3.63) is 29.8 Å². The van der Waals surface area contributed by atoms with Gasteiger partial charge in [-0.25, -0.2) is 0 Å². The highest BCUT2D eigenvalue weighted by molar-refractivity contribution is 5.81. The van der Waals surface area contributed by atoms with Crippen LogP contribution in [0.4, 0.5) is 0 Å². The number of nitrogens with one attached hydrogen (secondary N) is 1. The molecule has 5 nitrogen and oxygen atoms in total. The molecule has 1 aromatic carbocycles. The van der Waals surface area contributed by atoms with Crippen LogP contribution in [0.1, 0.15) is 50.5 Å². The number of nitrogens with zero attached hydrogens (tertiary/aromatic N) is 1. The highest BCUT2D eigenvalue weighted by Crippen LogP contribution is 2.29. The molecule has 2 aliphatic rings. The molecule has 5 heteroatoms. The summed E-state index contributed by atoms with van der Waals surface area (Å²) in [5.41, 5.74) is 1.28. The Hall–Kier alpha value is -2.04. The Morgan fingerprint density at radius 1 is 1.08 bits per heavy atom. The van der Waals surface area contributed by atoms with Gasteiger partial charge in [0.15, 0.2) is 0 Å². The maximum Gasteiger partial charge on any atom is 0.223 e. The maximum atomic E-state index is 12.4. The topological polar surface area (TPSA) is 58.6 Å². The average Bonchev–Trinajstić information content (AvgIpc) is 3.51. The SMILES string of the molecule is COc1ccc(CCCCC(=O)N2CCC(NC(=O)C3CC3)CC2)cc1. The molecule has 26 heavy (non-hydrogen) atoms. The van der Waals surface area contributed by atoms with E-state index in [0.717, 1.165) is 63.8 Å². The van der Waals surface area contributed by atoms with E-state index in [0.29, 0.717) is 6.42 Å². The lowest BCUT2D eigenvalue weighted by Gasteiger charge is -2.32. The number of piperidine rings is 1. The van der Waals surface area contributed by atoms with Crippen molar-refractivity contribution < 1.29 is 14.3 Å². The van der Waals surface area contributed by atoms with Crippen LogP contribution in [0.25, 0.3) is 0 Å². The predicted molar refractivity (Wildman–Crippen MR) is 101 cm³/mol. The number of methoxy groups -OCH3 is 1. The Morgan fingerprint density at radius 3 is 2.38 bits per heavy atom. The van der Waals surface area contributed by atoms with Gasteiger partial charge < -0.3 is 15.0 Å². The molecule has 0 atom stereocenters. The van der Waals surface area contributed by atoms with Gasteiger partial charge in [-0.1, -0.05) is 12.1 Å². The highest BCUT2D eigenvalue weighted by Gasteiger charge is 2.32. The van der Waals surface area contributed by atoms with Gasteiger partial charge >= 0.3 is 0 Å². The molecule has 0 radical (unpaired) electrons. The Labute approximate surface area is 156 Å². The molecule has 2 fully saturated rings. The van der Waals surface area contributed by atoms with Crippen LogP contribution in [-0.2, 0) is 16.0 Å². The van der Waals surface area contributed by atoms with E-state index in [1.807, 2.05) is 17.0 Å². The quantitative estimate of drug-likeness (QED) is 0.727. The lowest BCUT2D eigenvalue weighted by atomic mass is 10.0. The number of aryl methyl sites for hydroxylation is 1. The predicted octanol–water partition coefficient (Wildman–Crippen LogP) is 2.93. The zero-order valence-electron chi connectivity index (χ0n) is 15.7. The summed E-state index contributed by atoms with van der Waals surface area (Å²) in [6.07, 6.45) is 7.41. The molecule has 1 N–H and O–H groups in total. The molecule has 0 bridgehead atoms. The van der Waals surface area contributed by atoms with Gasteiger partial charge in [-0.05, 0) is 62.6 Å². The molecule has 1 aliphatic heterocycles. The Kier molecular flexibility index (Phi) is 6.53. The fourth-order valence-corrected chi connectivity index (χ4v) is 3.49. The molecule has 3 rings (SSSR count). The van der Waals surface area contributed by atoms with Crippen LogP contribution in [0.2, 0.25) is 0 Å². The van der Waals surface area contributed by atoms with E-state index in [1.54, 1.807) is 7.11 Å². The van der Waals surface area contributed by atoms with Crippen molar-refractivity contribution in [2.75, 3.05) is 20.2 Å². The molecule has 0 unspecified atom stereocenters. The van der Waals surface area contributed by atoms with Crippen molar-refractivity contribution in [1.29, 1.82) is 0 Å². The monoisotopic (exact) mass is 358 g/mol. The van der Waals surface area contributed by atoms with Gasteiger partial charge in [0, 0.05) is 31.5 Å². The van der Waals surface area contributed by atoms with Crippen molar-refractivity contribution in [2.45, 2.75) is 57.4 Å². The third kappa shape index (κ3) is 5.48. The lowest BCUT2D eigenvalue weighted by Crippen LogP contribution is -2.46. The number of hydrogen-bond donors (Lipinski definition) is 1. The van der Waals surface area contributed by atoms with Gasteiger partial charge in [-0.3, -0.25) is 9.59 Å². The Morgan fingerprint density at radius 2 is 1.77 bits per heavy atom. The number of carbonyl (C=O) groups is 2. The minimum Gasteiger partial charge on any atom is -0.497 e. The van der Waals surface area contributed by atoms with Crippen LogP contribution < -0.4 is 10.1 Å². The van der Waals surface area contributed by atoms with Crippen molar-refractivity contribution >= 4 is 11.8 Å². The van der Waals surface area contributed by atoms with Gasteiger partial charge in [-0.2, -0.15) is 0 Å². The third-order valence-electron chi connectivity index (χ3n) is 5.41. The van der Waals surface area contributed by atoms with Crippen molar-refractivity contribution in [3.8, 4) is 5.75 Å². The number of amides is 2. The molecule has 1 saturated carbocycles. The first-order valence-corrected chi connectivity index (χ1v) is 9.87. The summed E-state index contributed by atoms with van der Waals surface area (Å²) < 4.78 is 5.16. The van der Waals surface area contributed by atoms with E-state index >= 15 is 0 Å². The number of ether oxygens (including phenoxy) is 1. The molecule has 1 aliphatic carbocycles. The van der Waals surface area contributed by atoms with Crippen LogP contribution in [0.3, 0.4) is 0 Å². The second-order valence-electron chi connectivity index (χ2n) is 7.49. The van der Waals surface area contributed by atoms with E-state index in [9.17, 15) is 9.59 Å². The zero-order chi connectivity index (χ0) is 18.4. The molecule has 0 aromatic heterocycles. The summed E-state index contributed by atoms with van der Waals surface area (Å²) in [4.78, 5) is 26.1. The van der Waals surface area contributed by atoms with Gasteiger partial charge in [0.25, 0.3) is 0 Å². The van der Waals surface area contributed by atoms with Crippen LogP contribution in [0.15, 0.2) is 24.3 Å². The number of rotatable bonds is 8. The number of hydrogen-bond acceptors (Lipinski definition) is 3. The molecular weight excluding hydrogens is 328 g/mol. The van der Waals surface area contributed by atoms with Crippen molar-refractivity contribution in [2.24, 2.45) is 5.92 Å². The lowest BCUT2D eigenvalue weighted by molar-refractivity contribution is -0.132. The summed E-state index contributed by atoms with van der Waals surface area (Å²) >= 11 is 0. The molecule has 0 spiro atoms. The number of benzene rings is 1. The fourth-order valence-electron chi connectivity index (χ4n) is 3.49. The first-order chi connectivity index (χ1) is 12.7. The Bertz CT molecular complexity index is 602. The standard InChI is InChI=1S/C21H30N2O3/c1-26-19-10-6-16(7-11-19)4-2-3-5-20(24)23-14-12-18(13-15-23)22-21(25)17-8-9-17/h6-7,10-11,17-18H,2-5,8-9,12-15H2,1H3,(H,22,25). The average molecular weight is 358 g/mol. The fraction of sp³-hybridized carbons (Fsp3) is 0.619. The summed E-state index contributed by atoms with van der Waals surface area (Å²) in [6.45, 7) is 1.54. The van der Waals surface area contributed by atoms with Crippen molar-refractivity contribution in [1.82, 2.24) is 10.2 Å². The largest absolute Gasteiger partial charge is 0.497 e. The second-order valence-corrected chi connectivity index (χ2v) is 7.49. The van der Waals surface area contributed by atoms with Crippen LogP contribution in [0.5, 0.6) is 5.75 Å². The number of likely N-dealkylation sites (tertiary alicyclic amines) is 1. The maximum absolute atomic E-state index is 12.4. The summed E-state index contributed by atoms with van der Waals surface area (Å²) in [7, 11) is 1.67. The Balaban J connectivity index is 1.29. The van der Waals surface area contributed by atoms with E-state index in [2.05, 4.69) is 17.4 Å². The van der Waals surface area contributed by atoms with E-state index in [4.69, 9.17) is 4.74 Å². The van der Waals surface area contributed by atoms with E-state index < -0.39 is 0 Å². The van der Waals surface area contributed by atoms with Gasteiger partial charge in [0.05, 0.1) is 7.11 Å². The van der Waals surface area contributed by atoms with E-state index in [-0.39, 0.29) is 23.8 Å². The summed E-state index contributed by atoms with van der Waals surface area (Å²) in [5.74, 6) is 1.61. The molecule has 1 heterocycles. The second kappa shape index (κ2) is 9.06. The summed E-state index contributed by atoms with van der Waals surface area (Å²) in [5, 5.41) is 3.13. The highest BCUT2D eigenvalue weighted by atomic mass is 16.5. The first kappa shape index (κ1) is 18.7. The molecule has 2 amide bonds. The van der Waals surface area contributed by atoms with Gasteiger partial charge in [0.1, 0.15) is 5.75 Å². The van der Waals surface area contributed by atoms with Crippen LogP contribution in [0, 0.1) is 5.92 Å². The minimum absolute atomic E-state index is 0.216. The third-order valence-corrected chi connectivity index (χ3v) is 5.41. The summed E-state index contributed by atoms with van der Waals surface area (Å²) in [6, 6.07) is 8.38. The number of carbonyl (C=O) groups excluding carboxylic acids is 2. The minimum atomic E-state index is 0.216. The molecular formula is C21H30N2O3. The first-order valence-electron chi connectivity index (χ1n) is 9.87. The molecule has 1 saturated heterocycles.